The molecule has 0 atom stereocenters. The molecule has 0 N–H and O–H groups in total. The summed E-state index contributed by atoms with van der Waals surface area (Å²) in [6.07, 6.45) is 1.80. The monoisotopic (exact) mass is 244 g/mol. The fourth-order valence-corrected chi connectivity index (χ4v) is 2.34. The zero-order chi connectivity index (χ0) is 12.5. The molecule has 0 radical (unpaired) electrons. The number of hydrogen-bond acceptors (Lipinski definition) is 3. The Kier molecular flexibility index (Phi) is 2.80. The van der Waals surface area contributed by atoms with E-state index in [0.717, 1.165) is 42.8 Å². The minimum absolute atomic E-state index is 0.0580. The Balaban J connectivity index is 2.09. The van der Waals surface area contributed by atoms with Crippen molar-refractivity contribution in [2.24, 2.45) is 7.05 Å². The Hall–Kier alpha value is -1.81. The molecule has 2 aromatic rings. The van der Waals surface area contributed by atoms with Crippen molar-refractivity contribution in [2.75, 3.05) is 31.2 Å². The van der Waals surface area contributed by atoms with Gasteiger partial charge in [0, 0.05) is 37.4 Å². The lowest BCUT2D eigenvalue weighted by atomic mass is 10.1. The van der Waals surface area contributed by atoms with Gasteiger partial charge >= 0.3 is 0 Å². The summed E-state index contributed by atoms with van der Waals surface area (Å²) in [5, 5.41) is 1.78. The molecule has 1 aromatic carbocycles. The zero-order valence-electron chi connectivity index (χ0n) is 10.4. The quantitative estimate of drug-likeness (QED) is 0.760. The number of pyridine rings is 1. The van der Waals surface area contributed by atoms with Gasteiger partial charge < -0.3 is 14.2 Å². The summed E-state index contributed by atoms with van der Waals surface area (Å²) in [5.41, 5.74) is 1.16. The molecular weight excluding hydrogens is 228 g/mol. The van der Waals surface area contributed by atoms with Crippen LogP contribution in [0.5, 0.6) is 0 Å². The Morgan fingerprint density at radius 1 is 1.17 bits per heavy atom. The van der Waals surface area contributed by atoms with Crippen LogP contribution in [0.2, 0.25) is 0 Å². The van der Waals surface area contributed by atoms with Crippen LogP contribution in [0.15, 0.2) is 35.3 Å². The van der Waals surface area contributed by atoms with E-state index >= 15 is 0 Å². The molecule has 1 saturated heterocycles. The van der Waals surface area contributed by atoms with Crippen molar-refractivity contribution in [1.29, 1.82) is 0 Å². The summed E-state index contributed by atoms with van der Waals surface area (Å²) in [7, 11) is 1.78. The van der Waals surface area contributed by atoms with E-state index in [2.05, 4.69) is 11.0 Å². The molecule has 3 rings (SSSR count). The Labute approximate surface area is 105 Å². The molecule has 0 aliphatic carbocycles. The molecule has 4 heteroatoms. The van der Waals surface area contributed by atoms with Crippen molar-refractivity contribution in [2.45, 2.75) is 0 Å². The van der Waals surface area contributed by atoms with Gasteiger partial charge in [-0.3, -0.25) is 4.79 Å². The lowest BCUT2D eigenvalue weighted by Gasteiger charge is -2.29. The molecule has 18 heavy (non-hydrogen) atoms. The van der Waals surface area contributed by atoms with Gasteiger partial charge in [0.05, 0.1) is 13.2 Å². The number of rotatable bonds is 1. The standard InChI is InChI=1S/C14H16N2O2/c1-15-5-4-11-2-3-12(10-13(11)14(15)17)16-6-8-18-9-7-16/h2-5,10H,6-9H2,1H3. The van der Waals surface area contributed by atoms with Gasteiger partial charge in [0.2, 0.25) is 0 Å². The number of morpholine rings is 1. The van der Waals surface area contributed by atoms with Crippen molar-refractivity contribution in [3.05, 3.63) is 40.8 Å². The first-order chi connectivity index (χ1) is 8.75. The van der Waals surface area contributed by atoms with E-state index in [1.165, 1.54) is 0 Å². The minimum Gasteiger partial charge on any atom is -0.378 e. The first kappa shape index (κ1) is 11.3. The van der Waals surface area contributed by atoms with Gasteiger partial charge in [-0.15, -0.1) is 0 Å². The van der Waals surface area contributed by atoms with Crippen LogP contribution in [0, 0.1) is 0 Å². The van der Waals surface area contributed by atoms with Crippen LogP contribution in [-0.4, -0.2) is 30.9 Å². The van der Waals surface area contributed by atoms with Gasteiger partial charge in [0.15, 0.2) is 0 Å². The SMILES string of the molecule is Cn1ccc2ccc(N3CCOCC3)cc2c1=O. The van der Waals surface area contributed by atoms with Crippen LogP contribution in [0.1, 0.15) is 0 Å². The van der Waals surface area contributed by atoms with Crippen LogP contribution >= 0.6 is 0 Å². The van der Waals surface area contributed by atoms with E-state index in [-0.39, 0.29) is 5.56 Å². The highest BCUT2D eigenvalue weighted by Gasteiger charge is 2.12. The van der Waals surface area contributed by atoms with E-state index in [9.17, 15) is 4.79 Å². The lowest BCUT2D eigenvalue weighted by molar-refractivity contribution is 0.122. The fraction of sp³-hybridized carbons (Fsp3) is 0.357. The predicted octanol–water partition coefficient (Wildman–Crippen LogP) is 1.38. The van der Waals surface area contributed by atoms with Crippen LogP contribution in [0.3, 0.4) is 0 Å². The average molecular weight is 244 g/mol. The molecule has 1 aliphatic heterocycles. The van der Waals surface area contributed by atoms with Gasteiger partial charge in [-0.1, -0.05) is 6.07 Å². The normalized spacial score (nSPS) is 16.2. The molecular formula is C14H16N2O2. The first-order valence-electron chi connectivity index (χ1n) is 6.18. The molecule has 4 nitrogen and oxygen atoms in total. The second-order valence-corrected chi connectivity index (χ2v) is 4.60. The van der Waals surface area contributed by atoms with Crippen molar-refractivity contribution < 1.29 is 4.74 Å². The van der Waals surface area contributed by atoms with Crippen molar-refractivity contribution >= 4 is 16.5 Å². The van der Waals surface area contributed by atoms with Gasteiger partial charge in [-0.25, -0.2) is 0 Å². The molecule has 0 bridgehead atoms. The van der Waals surface area contributed by atoms with Gasteiger partial charge in [0.25, 0.3) is 5.56 Å². The smallest absolute Gasteiger partial charge is 0.258 e. The molecule has 94 valence electrons. The molecule has 1 aliphatic rings. The van der Waals surface area contributed by atoms with Crippen molar-refractivity contribution in [3.63, 3.8) is 0 Å². The highest BCUT2D eigenvalue weighted by Crippen LogP contribution is 2.20. The maximum Gasteiger partial charge on any atom is 0.258 e. The minimum atomic E-state index is 0.0580. The summed E-state index contributed by atoms with van der Waals surface area (Å²) in [6, 6.07) is 8.05. The third-order valence-corrected chi connectivity index (χ3v) is 3.44. The molecule has 1 aromatic heterocycles. The molecule has 0 amide bonds. The third kappa shape index (κ3) is 1.88. The zero-order valence-corrected chi connectivity index (χ0v) is 10.4. The number of benzene rings is 1. The Bertz CT molecular complexity index is 627. The molecule has 1 fully saturated rings. The summed E-state index contributed by atoms with van der Waals surface area (Å²) >= 11 is 0. The molecule has 0 spiro atoms. The summed E-state index contributed by atoms with van der Waals surface area (Å²) in [4.78, 5) is 14.3. The van der Waals surface area contributed by atoms with Gasteiger partial charge in [-0.05, 0) is 23.6 Å². The number of anilines is 1. The van der Waals surface area contributed by atoms with E-state index in [4.69, 9.17) is 4.74 Å². The fourth-order valence-electron chi connectivity index (χ4n) is 2.34. The largest absolute Gasteiger partial charge is 0.378 e. The summed E-state index contributed by atoms with van der Waals surface area (Å²) in [6.45, 7) is 3.28. The number of ether oxygens (including phenoxy) is 1. The van der Waals surface area contributed by atoms with E-state index in [0.29, 0.717) is 0 Å². The number of hydrogen-bond donors (Lipinski definition) is 0. The summed E-state index contributed by atoms with van der Waals surface area (Å²) in [5.74, 6) is 0. The number of nitrogens with zero attached hydrogens (tertiary/aromatic N) is 2. The van der Waals surface area contributed by atoms with E-state index in [1.54, 1.807) is 17.8 Å². The Morgan fingerprint density at radius 2 is 1.94 bits per heavy atom. The van der Waals surface area contributed by atoms with Crippen molar-refractivity contribution in [3.8, 4) is 0 Å². The number of fused-ring (bicyclic) bond motifs is 1. The summed E-state index contributed by atoms with van der Waals surface area (Å²) < 4.78 is 6.96. The van der Waals surface area contributed by atoms with Crippen LogP contribution in [-0.2, 0) is 11.8 Å². The van der Waals surface area contributed by atoms with E-state index < -0.39 is 0 Å². The van der Waals surface area contributed by atoms with Crippen LogP contribution in [0.4, 0.5) is 5.69 Å². The van der Waals surface area contributed by atoms with Gasteiger partial charge in [0.1, 0.15) is 0 Å². The maximum atomic E-state index is 12.1. The Morgan fingerprint density at radius 3 is 2.72 bits per heavy atom. The third-order valence-electron chi connectivity index (χ3n) is 3.44. The van der Waals surface area contributed by atoms with Crippen molar-refractivity contribution in [1.82, 2.24) is 4.57 Å². The number of aryl methyl sites for hydroxylation is 1. The molecule has 0 saturated carbocycles. The number of aromatic nitrogens is 1. The van der Waals surface area contributed by atoms with E-state index in [1.807, 2.05) is 18.2 Å². The van der Waals surface area contributed by atoms with Crippen LogP contribution in [0.25, 0.3) is 10.8 Å². The predicted molar refractivity (Wildman–Crippen MR) is 72.2 cm³/mol. The van der Waals surface area contributed by atoms with Gasteiger partial charge in [-0.2, -0.15) is 0 Å². The highest BCUT2D eigenvalue weighted by atomic mass is 16.5. The van der Waals surface area contributed by atoms with Crippen LogP contribution < -0.4 is 10.5 Å². The second kappa shape index (κ2) is 4.46. The topological polar surface area (TPSA) is 34.5 Å². The second-order valence-electron chi connectivity index (χ2n) is 4.60. The lowest BCUT2D eigenvalue weighted by Crippen LogP contribution is -2.36. The highest BCUT2D eigenvalue weighted by molar-refractivity contribution is 5.85. The average Bonchev–Trinajstić information content (AvgIpc) is 2.44. The first-order valence-corrected chi connectivity index (χ1v) is 6.18. The molecule has 2 heterocycles. The molecule has 0 unspecified atom stereocenters. The maximum absolute atomic E-state index is 12.1.